The number of allylic oxidation sites excluding steroid dienone is 2. The van der Waals surface area contributed by atoms with Crippen molar-refractivity contribution in [3.8, 4) is 0 Å². The quantitative estimate of drug-likeness (QED) is 0.576. The third kappa shape index (κ3) is 3.87. The van der Waals surface area contributed by atoms with E-state index in [0.717, 1.165) is 12.6 Å². The van der Waals surface area contributed by atoms with E-state index in [2.05, 4.69) is 68.4 Å². The first-order chi connectivity index (χ1) is 10.3. The van der Waals surface area contributed by atoms with Crippen LogP contribution in [-0.4, -0.2) is 36.6 Å². The van der Waals surface area contributed by atoms with E-state index >= 15 is 0 Å². The molecule has 0 N–H and O–H groups in total. The van der Waals surface area contributed by atoms with Gasteiger partial charge >= 0.3 is 14.2 Å². The minimum absolute atomic E-state index is 0.186. The van der Waals surface area contributed by atoms with Gasteiger partial charge in [0, 0.05) is 12.6 Å². The standard InChI is InChI=1S/C17H32B2O4/c1-13(12-19-22-16(6,7)17(8,9)23-19)10-11-18-20-14(2,3)15(4,5)21-18/h10H,11-12H2,1-9H3/b13-10-. The van der Waals surface area contributed by atoms with Crippen molar-refractivity contribution < 1.29 is 18.6 Å². The predicted molar refractivity (Wildman–Crippen MR) is 95.5 cm³/mol. The molecule has 0 aromatic rings. The Balaban J connectivity index is 1.88. The normalized spacial score (nSPS) is 28.5. The van der Waals surface area contributed by atoms with E-state index in [1.54, 1.807) is 0 Å². The molecule has 0 unspecified atom stereocenters. The molecule has 2 rings (SSSR count). The molecule has 6 heteroatoms. The predicted octanol–water partition coefficient (Wildman–Crippen LogP) is 4.12. The average molecular weight is 322 g/mol. The third-order valence-corrected chi connectivity index (χ3v) is 5.75. The second-order valence-corrected chi connectivity index (χ2v) is 8.86. The van der Waals surface area contributed by atoms with Crippen molar-refractivity contribution in [2.75, 3.05) is 0 Å². The zero-order valence-corrected chi connectivity index (χ0v) is 16.3. The third-order valence-electron chi connectivity index (χ3n) is 5.75. The highest BCUT2D eigenvalue weighted by molar-refractivity contribution is 6.47. The van der Waals surface area contributed by atoms with Crippen LogP contribution in [0, 0.1) is 0 Å². The average Bonchev–Trinajstić information content (AvgIpc) is 2.65. The largest absolute Gasteiger partial charge is 0.462 e. The number of hydrogen-bond acceptors (Lipinski definition) is 4. The SMILES string of the molecule is C/C(=C/CB1OC(C)(C)C(C)(C)O1)CB1OC(C)(C)C(C)(C)O1. The molecule has 4 nitrogen and oxygen atoms in total. The Morgan fingerprint density at radius 1 is 0.696 bits per heavy atom. The summed E-state index contributed by atoms with van der Waals surface area (Å²) in [6.07, 6.45) is 3.69. The van der Waals surface area contributed by atoms with Crippen molar-refractivity contribution in [1.82, 2.24) is 0 Å². The van der Waals surface area contributed by atoms with Gasteiger partial charge in [-0.1, -0.05) is 11.6 Å². The van der Waals surface area contributed by atoms with Gasteiger partial charge in [-0.25, -0.2) is 0 Å². The molecule has 0 radical (unpaired) electrons. The van der Waals surface area contributed by atoms with E-state index in [4.69, 9.17) is 18.6 Å². The Hall–Kier alpha value is -0.290. The van der Waals surface area contributed by atoms with Crippen molar-refractivity contribution in [3.05, 3.63) is 11.6 Å². The minimum Gasteiger partial charge on any atom is -0.403 e. The summed E-state index contributed by atoms with van der Waals surface area (Å²) in [6, 6.07) is 0. The zero-order chi connectivity index (χ0) is 17.7. The van der Waals surface area contributed by atoms with Crippen molar-refractivity contribution in [2.24, 2.45) is 0 Å². The molecular formula is C17H32B2O4. The van der Waals surface area contributed by atoms with Gasteiger partial charge in [0.1, 0.15) is 0 Å². The highest BCUT2D eigenvalue weighted by Crippen LogP contribution is 2.39. The van der Waals surface area contributed by atoms with Gasteiger partial charge in [0.05, 0.1) is 22.4 Å². The minimum atomic E-state index is -0.274. The topological polar surface area (TPSA) is 36.9 Å². The van der Waals surface area contributed by atoms with Crippen LogP contribution < -0.4 is 0 Å². The van der Waals surface area contributed by atoms with Gasteiger partial charge < -0.3 is 18.6 Å². The fourth-order valence-electron chi connectivity index (χ4n) is 2.75. The van der Waals surface area contributed by atoms with Gasteiger partial charge in [0.2, 0.25) is 0 Å². The fraction of sp³-hybridized carbons (Fsp3) is 0.882. The summed E-state index contributed by atoms with van der Waals surface area (Å²) < 4.78 is 24.1. The second-order valence-electron chi connectivity index (χ2n) is 8.86. The number of hydrogen-bond donors (Lipinski definition) is 0. The van der Waals surface area contributed by atoms with Crippen LogP contribution in [0.25, 0.3) is 0 Å². The molecule has 0 aromatic heterocycles. The maximum Gasteiger partial charge on any atom is 0.462 e. The van der Waals surface area contributed by atoms with Gasteiger partial charge in [-0.3, -0.25) is 0 Å². The van der Waals surface area contributed by atoms with Crippen molar-refractivity contribution in [1.29, 1.82) is 0 Å². The molecule has 0 bridgehead atoms. The van der Waals surface area contributed by atoms with E-state index in [1.165, 1.54) is 5.57 Å². The number of rotatable bonds is 4. The molecule has 2 aliphatic rings. The van der Waals surface area contributed by atoms with Crippen LogP contribution in [0.2, 0.25) is 12.6 Å². The monoisotopic (exact) mass is 322 g/mol. The fourth-order valence-corrected chi connectivity index (χ4v) is 2.75. The van der Waals surface area contributed by atoms with E-state index < -0.39 is 0 Å². The Morgan fingerprint density at radius 3 is 1.43 bits per heavy atom. The maximum atomic E-state index is 6.05. The molecule has 2 aliphatic heterocycles. The summed E-state index contributed by atoms with van der Waals surface area (Å²) in [4.78, 5) is 0. The van der Waals surface area contributed by atoms with E-state index in [1.807, 2.05) is 0 Å². The lowest BCUT2D eigenvalue weighted by Gasteiger charge is -2.32. The van der Waals surface area contributed by atoms with E-state index in [0.29, 0.717) is 0 Å². The maximum absolute atomic E-state index is 6.05. The van der Waals surface area contributed by atoms with Gasteiger partial charge in [-0.2, -0.15) is 0 Å². The Bertz CT molecular complexity index is 451. The smallest absolute Gasteiger partial charge is 0.403 e. The molecule has 2 heterocycles. The summed E-state index contributed by atoms with van der Waals surface area (Å²) in [5, 5.41) is 0. The summed E-state index contributed by atoms with van der Waals surface area (Å²) in [5.41, 5.74) is 0.141. The van der Waals surface area contributed by atoms with Crippen LogP contribution >= 0.6 is 0 Å². The molecule has 0 spiro atoms. The lowest BCUT2D eigenvalue weighted by atomic mass is 9.78. The molecule has 0 aliphatic carbocycles. The Kier molecular flexibility index (Phi) is 4.89. The molecule has 130 valence electrons. The highest BCUT2D eigenvalue weighted by Gasteiger charge is 2.51. The zero-order valence-electron chi connectivity index (χ0n) is 16.3. The van der Waals surface area contributed by atoms with Gasteiger partial charge in [0.15, 0.2) is 0 Å². The summed E-state index contributed by atoms with van der Waals surface area (Å²) in [7, 11) is -0.372. The molecule has 0 atom stereocenters. The van der Waals surface area contributed by atoms with Gasteiger partial charge in [-0.15, -0.1) is 0 Å². The summed E-state index contributed by atoms with van der Waals surface area (Å²) in [5.74, 6) is 0. The lowest BCUT2D eigenvalue weighted by Crippen LogP contribution is -2.41. The first-order valence-corrected chi connectivity index (χ1v) is 8.63. The van der Waals surface area contributed by atoms with Crippen molar-refractivity contribution in [3.63, 3.8) is 0 Å². The Morgan fingerprint density at radius 2 is 1.04 bits per heavy atom. The second kappa shape index (κ2) is 5.90. The van der Waals surface area contributed by atoms with Gasteiger partial charge in [-0.05, 0) is 62.3 Å². The molecule has 23 heavy (non-hydrogen) atoms. The highest BCUT2D eigenvalue weighted by atomic mass is 16.7. The Labute approximate surface area is 142 Å². The van der Waals surface area contributed by atoms with Crippen LogP contribution in [0.15, 0.2) is 11.6 Å². The van der Waals surface area contributed by atoms with Crippen LogP contribution in [0.3, 0.4) is 0 Å². The van der Waals surface area contributed by atoms with E-state index in [-0.39, 0.29) is 36.6 Å². The van der Waals surface area contributed by atoms with Crippen LogP contribution in [0.4, 0.5) is 0 Å². The van der Waals surface area contributed by atoms with Crippen molar-refractivity contribution >= 4 is 14.2 Å². The molecular weight excluding hydrogens is 290 g/mol. The first kappa shape index (κ1) is 19.0. The lowest BCUT2D eigenvalue weighted by molar-refractivity contribution is 0.00578. The summed E-state index contributed by atoms with van der Waals surface area (Å²) >= 11 is 0. The molecule has 0 aromatic carbocycles. The first-order valence-electron chi connectivity index (χ1n) is 8.63. The van der Waals surface area contributed by atoms with Crippen LogP contribution in [-0.2, 0) is 18.6 Å². The molecule has 2 fully saturated rings. The molecule has 0 amide bonds. The van der Waals surface area contributed by atoms with Crippen LogP contribution in [0.1, 0.15) is 62.3 Å². The molecule has 2 saturated heterocycles. The summed E-state index contributed by atoms with van der Waals surface area (Å²) in [6.45, 7) is 18.7. The van der Waals surface area contributed by atoms with Crippen molar-refractivity contribution in [2.45, 2.75) is 97.4 Å². The molecule has 0 saturated carbocycles. The van der Waals surface area contributed by atoms with Gasteiger partial charge in [0.25, 0.3) is 0 Å². The van der Waals surface area contributed by atoms with E-state index in [9.17, 15) is 0 Å². The van der Waals surface area contributed by atoms with Crippen LogP contribution in [0.5, 0.6) is 0 Å².